The minimum absolute atomic E-state index is 0.00916. The maximum atomic E-state index is 13.2. The Bertz CT molecular complexity index is 1480. The minimum atomic E-state index is -1.35. The third-order valence-corrected chi connectivity index (χ3v) is 10.3. The predicted octanol–water partition coefficient (Wildman–Crippen LogP) is -1.17. The Morgan fingerprint density at radius 3 is 2.75 bits per heavy atom. The van der Waals surface area contributed by atoms with Gasteiger partial charge in [0.15, 0.2) is 10.3 Å². The molecule has 1 aliphatic carbocycles. The van der Waals surface area contributed by atoms with Gasteiger partial charge in [-0.25, -0.2) is 5.10 Å². The van der Waals surface area contributed by atoms with Gasteiger partial charge in [0, 0.05) is 36.6 Å². The molecule has 3 fully saturated rings. The van der Waals surface area contributed by atoms with Crippen molar-refractivity contribution in [3.8, 4) is 0 Å². The zero-order valence-electron chi connectivity index (χ0n) is 21.1. The number of H-pyrrole nitrogens is 1. The number of nitrogen functional groups attached to an aromatic ring is 1. The van der Waals surface area contributed by atoms with E-state index < -0.39 is 45.7 Å². The molecule has 5 N–H and O–H groups in total. The molecule has 3 aliphatic rings. The number of thioether (sulfide) groups is 2. The number of nitrogens with zero attached hydrogens (tertiary/aromatic N) is 6. The fraction of sp³-hybridized carbons (Fsp3) is 0.571. The van der Waals surface area contributed by atoms with E-state index >= 15 is 0 Å². The van der Waals surface area contributed by atoms with Crippen molar-refractivity contribution in [3.05, 3.63) is 26.5 Å². The van der Waals surface area contributed by atoms with Crippen LogP contribution in [0.5, 0.6) is 0 Å². The van der Waals surface area contributed by atoms with Crippen LogP contribution in [0.1, 0.15) is 31.5 Å². The summed E-state index contributed by atoms with van der Waals surface area (Å²) in [6.45, 7) is -0.106. The number of aromatic nitrogens is 5. The van der Waals surface area contributed by atoms with Gasteiger partial charge in [-0.3, -0.25) is 28.5 Å². The molecule has 2 saturated heterocycles. The van der Waals surface area contributed by atoms with Crippen molar-refractivity contribution in [1.82, 2.24) is 34.3 Å². The molecule has 4 heterocycles. The van der Waals surface area contributed by atoms with Crippen molar-refractivity contribution in [3.63, 3.8) is 0 Å². The van der Waals surface area contributed by atoms with Gasteiger partial charge in [-0.1, -0.05) is 16.9 Å². The zero-order chi connectivity index (χ0) is 28.6. The molecule has 2 aromatic heterocycles. The SMILES string of the molecule is Cn1c(SCC2(C(=O)O)CS[C@@H]3C(NC(=O)C(=NOC4CCCC4)c4nsc(N)n4)C(=O)N3C2)n[nH]c(=O)c1=O. The molecule has 2 aliphatic heterocycles. The number of carboxylic acids is 1. The molecule has 0 spiro atoms. The third-order valence-electron chi connectivity index (χ3n) is 6.87. The van der Waals surface area contributed by atoms with Gasteiger partial charge >= 0.3 is 17.1 Å². The number of carbonyl (C=O) groups excluding carboxylic acids is 2. The molecule has 0 aromatic carbocycles. The van der Waals surface area contributed by atoms with Crippen LogP contribution >= 0.6 is 35.1 Å². The van der Waals surface area contributed by atoms with Crippen LogP contribution in [0.3, 0.4) is 0 Å². The Balaban J connectivity index is 1.26. The highest BCUT2D eigenvalue weighted by molar-refractivity contribution is 8.00. The molecular formula is C21H25N9O7S3. The van der Waals surface area contributed by atoms with Gasteiger partial charge in [-0.2, -0.15) is 9.36 Å². The fourth-order valence-electron chi connectivity index (χ4n) is 4.54. The van der Waals surface area contributed by atoms with Gasteiger partial charge in [0.1, 0.15) is 22.9 Å². The first-order chi connectivity index (χ1) is 19.1. The Hall–Kier alpha value is -3.45. The second kappa shape index (κ2) is 11.2. The Labute approximate surface area is 238 Å². The standard InChI is InChI=1S/C21H25N9O7S3/c1-29-16(34)14(32)25-26-20(29)39-8-21(18(35)36)6-30-15(33)11(17(30)38-7-21)23-13(31)10(12-24-19(22)40-28-12)27-37-9-4-2-3-5-9/h9,11,17H,2-8H2,1H3,(H,23,31)(H,25,32)(H,35,36)(H2,22,24,28)/t11?,17-,21?/m1/s1. The Morgan fingerprint density at radius 1 is 1.32 bits per heavy atom. The number of nitrogens with one attached hydrogen (secondary N) is 2. The zero-order valence-corrected chi connectivity index (χ0v) is 23.5. The first-order valence-electron chi connectivity index (χ1n) is 12.2. The molecule has 40 heavy (non-hydrogen) atoms. The summed E-state index contributed by atoms with van der Waals surface area (Å²) in [4.78, 5) is 72.9. The van der Waals surface area contributed by atoms with Gasteiger partial charge in [0.25, 0.3) is 5.91 Å². The minimum Gasteiger partial charge on any atom is -0.481 e. The lowest BCUT2D eigenvalue weighted by atomic mass is 9.89. The average Bonchev–Trinajstić information content (AvgIpc) is 3.62. The lowest BCUT2D eigenvalue weighted by Gasteiger charge is -2.53. The second-order valence-electron chi connectivity index (χ2n) is 9.60. The summed E-state index contributed by atoms with van der Waals surface area (Å²) in [6.07, 6.45) is 3.52. The van der Waals surface area contributed by atoms with E-state index in [2.05, 4.69) is 30.0 Å². The number of hydrogen-bond acceptors (Lipinski definition) is 14. The maximum Gasteiger partial charge on any atom is 0.330 e. The number of carbonyl (C=O) groups is 3. The Kier molecular flexibility index (Phi) is 7.87. The van der Waals surface area contributed by atoms with Gasteiger partial charge < -0.3 is 25.9 Å². The van der Waals surface area contributed by atoms with E-state index in [1.165, 1.54) is 23.7 Å². The second-order valence-corrected chi connectivity index (χ2v) is 12.4. The summed E-state index contributed by atoms with van der Waals surface area (Å²) in [5.74, 6) is -2.16. The molecule has 19 heteroatoms. The predicted molar refractivity (Wildman–Crippen MR) is 145 cm³/mol. The van der Waals surface area contributed by atoms with Gasteiger partial charge in [-0.15, -0.1) is 16.9 Å². The molecule has 1 saturated carbocycles. The topological polar surface area (TPSA) is 228 Å². The number of hydrogen-bond donors (Lipinski definition) is 4. The molecule has 3 atom stereocenters. The van der Waals surface area contributed by atoms with E-state index in [-0.39, 0.29) is 46.0 Å². The summed E-state index contributed by atoms with van der Waals surface area (Å²) in [5.41, 5.74) is 2.44. The van der Waals surface area contributed by atoms with Gasteiger partial charge in [-0.05, 0) is 25.7 Å². The number of oxime groups is 1. The molecule has 5 rings (SSSR count). The van der Waals surface area contributed by atoms with Crippen LogP contribution in [0, 0.1) is 5.41 Å². The lowest BCUT2D eigenvalue weighted by molar-refractivity contribution is -0.157. The highest BCUT2D eigenvalue weighted by Crippen LogP contribution is 2.44. The summed E-state index contributed by atoms with van der Waals surface area (Å²) in [7, 11) is 1.37. The number of β-lactam (4-membered cyclic amide) rings is 1. The molecule has 0 bridgehead atoms. The quantitative estimate of drug-likeness (QED) is 0.0862. The number of anilines is 1. The molecule has 214 valence electrons. The number of amides is 2. The summed E-state index contributed by atoms with van der Waals surface area (Å²) in [6, 6.07) is -0.911. The van der Waals surface area contributed by atoms with Crippen LogP contribution in [0.25, 0.3) is 0 Å². The highest BCUT2D eigenvalue weighted by Gasteiger charge is 2.57. The van der Waals surface area contributed by atoms with Crippen molar-refractivity contribution in [2.75, 3.05) is 23.8 Å². The van der Waals surface area contributed by atoms with E-state index in [4.69, 9.17) is 10.6 Å². The first-order valence-corrected chi connectivity index (χ1v) is 15.0. The number of fused-ring (bicyclic) bond motifs is 1. The van der Waals surface area contributed by atoms with E-state index in [1.54, 1.807) is 0 Å². The summed E-state index contributed by atoms with van der Waals surface area (Å²) < 4.78 is 5.09. The third kappa shape index (κ3) is 5.31. The lowest BCUT2D eigenvalue weighted by Crippen LogP contribution is -2.74. The van der Waals surface area contributed by atoms with E-state index in [9.17, 15) is 29.1 Å². The van der Waals surface area contributed by atoms with E-state index in [0.717, 1.165) is 53.5 Å². The van der Waals surface area contributed by atoms with Crippen LogP contribution in [-0.2, 0) is 26.3 Å². The molecule has 2 unspecified atom stereocenters. The first kappa shape index (κ1) is 28.1. The van der Waals surface area contributed by atoms with Crippen LogP contribution in [0.15, 0.2) is 19.9 Å². The maximum absolute atomic E-state index is 13.2. The summed E-state index contributed by atoms with van der Waals surface area (Å²) >= 11 is 3.11. The number of rotatable bonds is 9. The summed E-state index contributed by atoms with van der Waals surface area (Å²) in [5, 5.41) is 22.5. The molecule has 0 radical (unpaired) electrons. The number of nitrogens with two attached hydrogens (primary N) is 1. The van der Waals surface area contributed by atoms with Crippen molar-refractivity contribution >= 4 is 63.7 Å². The monoisotopic (exact) mass is 611 g/mol. The van der Waals surface area contributed by atoms with Crippen molar-refractivity contribution in [1.29, 1.82) is 0 Å². The van der Waals surface area contributed by atoms with Crippen molar-refractivity contribution in [2.24, 2.45) is 17.6 Å². The van der Waals surface area contributed by atoms with Crippen molar-refractivity contribution in [2.45, 2.75) is 48.4 Å². The highest BCUT2D eigenvalue weighted by atomic mass is 32.2. The number of carboxylic acid groups (broad SMARTS) is 1. The van der Waals surface area contributed by atoms with Crippen LogP contribution in [-0.4, -0.2) is 93.2 Å². The number of aliphatic carboxylic acids is 1. The average molecular weight is 612 g/mol. The van der Waals surface area contributed by atoms with E-state index in [1.807, 2.05) is 0 Å². The van der Waals surface area contributed by atoms with E-state index in [0.29, 0.717) is 0 Å². The van der Waals surface area contributed by atoms with Crippen molar-refractivity contribution < 1.29 is 24.3 Å². The molecule has 16 nitrogen and oxygen atoms in total. The largest absolute Gasteiger partial charge is 0.481 e. The molecule has 2 amide bonds. The smallest absolute Gasteiger partial charge is 0.330 e. The van der Waals surface area contributed by atoms with Gasteiger partial charge in [0.05, 0.1) is 0 Å². The van der Waals surface area contributed by atoms with Crippen LogP contribution < -0.4 is 22.2 Å². The molecule has 2 aromatic rings. The fourth-order valence-corrected chi connectivity index (χ4v) is 7.76. The van der Waals surface area contributed by atoms with Crippen LogP contribution in [0.4, 0.5) is 5.13 Å². The number of aromatic amines is 1. The molecular weight excluding hydrogens is 586 g/mol. The Morgan fingerprint density at radius 2 is 2.08 bits per heavy atom. The van der Waals surface area contributed by atoms with Gasteiger partial charge in [0.2, 0.25) is 17.4 Å². The van der Waals surface area contributed by atoms with Crippen LogP contribution in [0.2, 0.25) is 0 Å². The normalized spacial score (nSPS) is 24.9.